The third-order valence-electron chi connectivity index (χ3n) is 1.97. The molecule has 118 valence electrons. The van der Waals surface area contributed by atoms with Gasteiger partial charge in [-0.1, -0.05) is 8.80 Å². The Balaban J connectivity index is 0.000000239. The van der Waals surface area contributed by atoms with E-state index in [0.29, 0.717) is 23.6 Å². The molecule has 1 fully saturated rings. The van der Waals surface area contributed by atoms with Crippen LogP contribution in [0.5, 0.6) is 0 Å². The van der Waals surface area contributed by atoms with Gasteiger partial charge in [0.1, 0.15) is 4.88 Å². The summed E-state index contributed by atoms with van der Waals surface area (Å²) in [5.74, 6) is -0.305. The van der Waals surface area contributed by atoms with Crippen molar-refractivity contribution in [2.24, 2.45) is 8.80 Å². The number of isocyanates is 2. The molecule has 12 heteroatoms. The van der Waals surface area contributed by atoms with Gasteiger partial charge in [0.05, 0.1) is 6.61 Å². The molecule has 0 spiro atoms. The van der Waals surface area contributed by atoms with Crippen molar-refractivity contribution in [1.29, 1.82) is 0 Å². The third kappa shape index (κ3) is 6.39. The molecule has 1 aromatic heterocycles. The van der Waals surface area contributed by atoms with Crippen LogP contribution < -0.4 is 0 Å². The lowest BCUT2D eigenvalue weighted by molar-refractivity contribution is -0.184. The summed E-state index contributed by atoms with van der Waals surface area (Å²) in [5.41, 5.74) is 0. The quantitative estimate of drug-likeness (QED) is 0.415. The van der Waals surface area contributed by atoms with Crippen LogP contribution in [0.3, 0.4) is 0 Å². The maximum absolute atomic E-state index is 11.3. The van der Waals surface area contributed by atoms with Crippen LogP contribution in [0.25, 0.3) is 0 Å². The first-order chi connectivity index (χ1) is 10.4. The highest BCUT2D eigenvalue weighted by Gasteiger charge is 2.23. The maximum Gasteiger partial charge on any atom is 0.383 e. The Kier molecular flexibility index (Phi) is 7.25. The van der Waals surface area contributed by atoms with Gasteiger partial charge in [-0.3, -0.25) is 0 Å². The van der Waals surface area contributed by atoms with Crippen LogP contribution in [0.1, 0.15) is 16.1 Å². The number of carbonyl (C=O) groups excluding carboxylic acids is 3. The summed E-state index contributed by atoms with van der Waals surface area (Å²) < 4.78 is 35.2. The van der Waals surface area contributed by atoms with Crippen molar-refractivity contribution in [3.8, 4) is 0 Å². The van der Waals surface area contributed by atoms with Crippen LogP contribution in [0.2, 0.25) is 0 Å². The monoisotopic (exact) mass is 410 g/mol. The molecule has 0 bridgehead atoms. The van der Waals surface area contributed by atoms with Crippen molar-refractivity contribution < 1.29 is 32.3 Å². The molecule has 2 rings (SSSR count). The van der Waals surface area contributed by atoms with Crippen molar-refractivity contribution in [3.05, 3.63) is 20.8 Å². The number of carbonyl (C=O) groups is 1. The molecule has 0 aromatic carbocycles. The Morgan fingerprint density at radius 1 is 1.41 bits per heavy atom. The van der Waals surface area contributed by atoms with Gasteiger partial charge in [-0.15, -0.1) is 11.3 Å². The van der Waals surface area contributed by atoms with E-state index < -0.39 is 10.2 Å². The van der Waals surface area contributed by atoms with E-state index in [2.05, 4.69) is 24.7 Å². The van der Waals surface area contributed by atoms with Crippen molar-refractivity contribution in [2.45, 2.75) is 12.7 Å². The second-order valence-corrected chi connectivity index (χ2v) is 6.52. The van der Waals surface area contributed by atoms with Gasteiger partial charge in [-0.2, -0.15) is 8.42 Å². The number of esters is 1. The molecule has 1 aliphatic rings. The summed E-state index contributed by atoms with van der Waals surface area (Å²) in [6, 6.07) is 1.74. The standard InChI is InChI=1S/C8H7BrO3S.C2N2O4S/c9-5-3-6(13-4-5)8(10)12-7-1-2-11-7;5-1-3-9(7,8)4-2-6/h3-4,7H,1-2H2;. The summed E-state index contributed by atoms with van der Waals surface area (Å²) in [5, 5.41) is 1.85. The van der Waals surface area contributed by atoms with E-state index in [1.165, 1.54) is 11.3 Å². The number of nitrogens with zero attached hydrogens (tertiary/aromatic N) is 2. The van der Waals surface area contributed by atoms with Gasteiger partial charge in [0, 0.05) is 16.3 Å². The summed E-state index contributed by atoms with van der Waals surface area (Å²) in [7, 11) is -4.28. The van der Waals surface area contributed by atoms with Gasteiger partial charge in [0.25, 0.3) is 12.2 Å². The molecule has 2 heterocycles. The van der Waals surface area contributed by atoms with Crippen LogP contribution in [-0.2, 0) is 29.3 Å². The average molecular weight is 411 g/mol. The zero-order valence-corrected chi connectivity index (χ0v) is 13.8. The zero-order chi connectivity index (χ0) is 16.6. The molecule has 1 aliphatic heterocycles. The fourth-order valence-electron chi connectivity index (χ4n) is 1.02. The van der Waals surface area contributed by atoms with Crippen molar-refractivity contribution >= 4 is 55.6 Å². The second kappa shape index (κ2) is 8.69. The molecule has 0 aliphatic carbocycles. The molecule has 0 saturated carbocycles. The summed E-state index contributed by atoms with van der Waals surface area (Å²) in [4.78, 5) is 30.4. The number of halogens is 1. The lowest BCUT2D eigenvalue weighted by atomic mass is 10.3. The maximum atomic E-state index is 11.3. The lowest BCUT2D eigenvalue weighted by Crippen LogP contribution is -2.31. The fraction of sp³-hybridized carbons (Fsp3) is 0.300. The second-order valence-electron chi connectivity index (χ2n) is 3.44. The first kappa shape index (κ1) is 18.4. The normalized spacial score (nSPS) is 16.0. The van der Waals surface area contributed by atoms with Crippen LogP contribution in [0, 0.1) is 0 Å². The van der Waals surface area contributed by atoms with Gasteiger partial charge in [0.2, 0.25) is 6.29 Å². The topological polar surface area (TPSA) is 129 Å². The van der Waals surface area contributed by atoms with Crippen LogP contribution in [0.4, 0.5) is 0 Å². The molecule has 1 aromatic rings. The predicted molar refractivity (Wildman–Crippen MR) is 77.0 cm³/mol. The first-order valence-electron chi connectivity index (χ1n) is 5.38. The first-order valence-corrected chi connectivity index (χ1v) is 8.44. The predicted octanol–water partition coefficient (Wildman–Crippen LogP) is 1.32. The minimum absolute atomic E-state index is 0.305. The van der Waals surface area contributed by atoms with Crippen LogP contribution >= 0.6 is 27.3 Å². The number of hydrogen-bond donors (Lipinski definition) is 0. The van der Waals surface area contributed by atoms with Gasteiger partial charge in [0.15, 0.2) is 0 Å². The number of thiophene rings is 1. The smallest absolute Gasteiger partial charge is 0.383 e. The Hall–Kier alpha value is -1.68. The van der Waals surface area contributed by atoms with E-state index in [-0.39, 0.29) is 12.3 Å². The molecule has 22 heavy (non-hydrogen) atoms. The van der Waals surface area contributed by atoms with Gasteiger partial charge >= 0.3 is 16.2 Å². The van der Waals surface area contributed by atoms with Gasteiger partial charge < -0.3 is 9.47 Å². The highest BCUT2D eigenvalue weighted by Crippen LogP contribution is 2.22. The molecule has 1 saturated heterocycles. The molecule has 0 amide bonds. The number of ether oxygens (including phenoxy) is 2. The highest BCUT2D eigenvalue weighted by molar-refractivity contribution is 9.10. The summed E-state index contributed by atoms with van der Waals surface area (Å²) in [6.45, 7) is 0.687. The molecule has 1 unspecified atom stereocenters. The number of hydrogen-bond acceptors (Lipinski definition) is 8. The zero-order valence-electron chi connectivity index (χ0n) is 10.6. The minimum Gasteiger partial charge on any atom is -0.431 e. The van der Waals surface area contributed by atoms with Crippen molar-refractivity contribution in [1.82, 2.24) is 0 Å². The Bertz CT molecular complexity index is 704. The van der Waals surface area contributed by atoms with E-state index in [1.54, 1.807) is 6.07 Å². The fourth-order valence-corrected chi connectivity index (χ4v) is 2.56. The van der Waals surface area contributed by atoms with Crippen LogP contribution in [0.15, 0.2) is 24.7 Å². The minimum atomic E-state index is -4.28. The average Bonchev–Trinajstić information content (AvgIpc) is 2.81. The number of rotatable bonds is 4. The van der Waals surface area contributed by atoms with E-state index in [1.807, 2.05) is 5.38 Å². The largest absolute Gasteiger partial charge is 0.431 e. The lowest BCUT2D eigenvalue weighted by Gasteiger charge is -2.25. The third-order valence-corrected chi connectivity index (χ3v) is 4.25. The molecule has 1 atom stereocenters. The van der Waals surface area contributed by atoms with Crippen LogP contribution in [-0.4, -0.2) is 39.4 Å². The van der Waals surface area contributed by atoms with Crippen molar-refractivity contribution in [3.63, 3.8) is 0 Å². The van der Waals surface area contributed by atoms with Gasteiger partial charge in [-0.25, -0.2) is 14.4 Å². The molecular weight excluding hydrogens is 404 g/mol. The van der Waals surface area contributed by atoms with Crippen molar-refractivity contribution in [2.75, 3.05) is 6.61 Å². The summed E-state index contributed by atoms with van der Waals surface area (Å²) >= 11 is 4.63. The Morgan fingerprint density at radius 3 is 2.36 bits per heavy atom. The molecule has 0 radical (unpaired) electrons. The Morgan fingerprint density at radius 2 is 2.00 bits per heavy atom. The summed E-state index contributed by atoms with van der Waals surface area (Å²) in [6.07, 6.45) is 1.89. The van der Waals surface area contributed by atoms with E-state index in [0.717, 1.165) is 10.9 Å². The molecular formula is C10H7BrN2O7S2. The molecule has 9 nitrogen and oxygen atoms in total. The van der Waals surface area contributed by atoms with E-state index >= 15 is 0 Å². The van der Waals surface area contributed by atoms with E-state index in [9.17, 15) is 22.8 Å². The van der Waals surface area contributed by atoms with E-state index in [4.69, 9.17) is 9.47 Å². The van der Waals surface area contributed by atoms with Gasteiger partial charge in [-0.05, 0) is 22.0 Å². The Labute approximate surface area is 137 Å². The molecule has 0 N–H and O–H groups in total. The SMILES string of the molecule is O=C(OC1CCO1)c1cc(Br)cs1.O=C=NS(=O)(=O)N=C=O. The highest BCUT2D eigenvalue weighted by atomic mass is 79.9.